The van der Waals surface area contributed by atoms with Crippen molar-refractivity contribution in [2.45, 2.75) is 32.7 Å². The van der Waals surface area contributed by atoms with Crippen LogP contribution in [0.1, 0.15) is 42.1 Å². The Kier molecular flexibility index (Phi) is 3.68. The second-order valence-corrected chi connectivity index (χ2v) is 5.94. The average Bonchev–Trinajstić information content (AvgIpc) is 2.68. The van der Waals surface area contributed by atoms with Gasteiger partial charge in [0.25, 0.3) is 0 Å². The van der Waals surface area contributed by atoms with E-state index in [2.05, 4.69) is 5.32 Å². The Labute approximate surface area is 123 Å². The molecular weight excluding hydrogens is 270 g/mol. The van der Waals surface area contributed by atoms with E-state index in [0.29, 0.717) is 24.5 Å². The zero-order valence-electron chi connectivity index (χ0n) is 12.1. The molecule has 0 radical (unpaired) electrons. The first-order valence-electron chi connectivity index (χ1n) is 7.32. The molecule has 1 N–H and O–H groups in total. The third kappa shape index (κ3) is 2.78. The average molecular weight is 289 g/mol. The van der Waals surface area contributed by atoms with Gasteiger partial charge in [0, 0.05) is 18.7 Å². The van der Waals surface area contributed by atoms with Gasteiger partial charge in [-0.1, -0.05) is 12.5 Å². The highest BCUT2D eigenvalue weighted by atomic mass is 16.6. The number of carbonyl (C=O) groups is 2. The molecule has 0 bridgehead atoms. The van der Waals surface area contributed by atoms with Gasteiger partial charge in [0.2, 0.25) is 0 Å². The first kappa shape index (κ1) is 14.1. The molecule has 5 nitrogen and oxygen atoms in total. The molecule has 3 rings (SSSR count). The molecule has 0 aromatic heterocycles. The van der Waals surface area contributed by atoms with Crippen LogP contribution in [0.2, 0.25) is 0 Å². The van der Waals surface area contributed by atoms with E-state index in [0.717, 1.165) is 31.4 Å². The minimum absolute atomic E-state index is 0.354. The lowest BCUT2D eigenvalue weighted by atomic mass is 9.70. The van der Waals surface area contributed by atoms with Crippen molar-refractivity contribution in [2.24, 2.45) is 5.41 Å². The van der Waals surface area contributed by atoms with Gasteiger partial charge in [-0.2, -0.15) is 0 Å². The number of fused-ring (bicyclic) bond motifs is 1. The Morgan fingerprint density at radius 1 is 1.33 bits per heavy atom. The molecule has 0 saturated heterocycles. The second-order valence-electron chi connectivity index (χ2n) is 5.94. The highest BCUT2D eigenvalue weighted by molar-refractivity contribution is 5.98. The van der Waals surface area contributed by atoms with Crippen molar-refractivity contribution in [3.63, 3.8) is 0 Å². The van der Waals surface area contributed by atoms with E-state index in [9.17, 15) is 9.59 Å². The van der Waals surface area contributed by atoms with Gasteiger partial charge in [0.05, 0.1) is 11.0 Å². The van der Waals surface area contributed by atoms with Crippen molar-refractivity contribution in [3.05, 3.63) is 29.3 Å². The molecule has 1 fully saturated rings. The van der Waals surface area contributed by atoms with Crippen molar-refractivity contribution in [3.8, 4) is 5.75 Å². The van der Waals surface area contributed by atoms with Crippen LogP contribution < -0.4 is 10.1 Å². The summed E-state index contributed by atoms with van der Waals surface area (Å²) in [6.07, 6.45) is 2.59. The lowest BCUT2D eigenvalue weighted by Crippen LogP contribution is -2.37. The molecular formula is C16H19NO4. The lowest BCUT2D eigenvalue weighted by Gasteiger charge is -2.34. The van der Waals surface area contributed by atoms with Crippen LogP contribution in [0, 0.1) is 5.41 Å². The molecule has 1 aromatic rings. The van der Waals surface area contributed by atoms with Crippen LogP contribution in [0.15, 0.2) is 18.2 Å². The normalized spacial score (nSPS) is 19.5. The maximum Gasteiger partial charge on any atom is 0.345 e. The highest BCUT2D eigenvalue weighted by Gasteiger charge is 2.42. The topological polar surface area (TPSA) is 64.6 Å². The molecule has 0 unspecified atom stereocenters. The summed E-state index contributed by atoms with van der Waals surface area (Å²) in [6, 6.07) is 5.16. The Bertz CT molecular complexity index is 578. The van der Waals surface area contributed by atoms with E-state index >= 15 is 0 Å². The molecule has 1 aromatic carbocycles. The Balaban J connectivity index is 1.73. The predicted octanol–water partition coefficient (Wildman–Crippen LogP) is 2.04. The van der Waals surface area contributed by atoms with Crippen molar-refractivity contribution in [1.82, 2.24) is 5.32 Å². The van der Waals surface area contributed by atoms with E-state index in [1.807, 2.05) is 13.0 Å². The fraction of sp³-hybridized carbons (Fsp3) is 0.500. The number of benzene rings is 1. The molecule has 21 heavy (non-hydrogen) atoms. The van der Waals surface area contributed by atoms with Gasteiger partial charge < -0.3 is 14.8 Å². The summed E-state index contributed by atoms with van der Waals surface area (Å²) < 4.78 is 10.6. The van der Waals surface area contributed by atoms with Crippen LogP contribution in [0.4, 0.5) is 0 Å². The summed E-state index contributed by atoms with van der Waals surface area (Å²) >= 11 is 0. The molecule has 5 heteroatoms. The summed E-state index contributed by atoms with van der Waals surface area (Å²) in [7, 11) is 0. The SMILES string of the molecule is CC1(C(=O)OC(=O)c2ccc3c(c2)OCCNC3)CCC1. The molecule has 2 aliphatic rings. The summed E-state index contributed by atoms with van der Waals surface area (Å²) in [5.74, 6) is -0.343. The van der Waals surface area contributed by atoms with Gasteiger partial charge in [-0.25, -0.2) is 4.79 Å². The minimum Gasteiger partial charge on any atom is -0.492 e. The van der Waals surface area contributed by atoms with Crippen LogP contribution in [0.25, 0.3) is 0 Å². The number of ether oxygens (including phenoxy) is 2. The minimum atomic E-state index is -0.600. The van der Waals surface area contributed by atoms with E-state index in [4.69, 9.17) is 9.47 Å². The van der Waals surface area contributed by atoms with Crippen LogP contribution in [-0.2, 0) is 16.1 Å². The number of hydrogen-bond acceptors (Lipinski definition) is 5. The van der Waals surface area contributed by atoms with Crippen molar-refractivity contribution in [2.75, 3.05) is 13.2 Å². The maximum atomic E-state index is 12.1. The first-order valence-corrected chi connectivity index (χ1v) is 7.32. The number of nitrogens with one attached hydrogen (secondary N) is 1. The first-order chi connectivity index (χ1) is 10.1. The predicted molar refractivity (Wildman–Crippen MR) is 76.0 cm³/mol. The molecule has 1 saturated carbocycles. The number of esters is 2. The van der Waals surface area contributed by atoms with Crippen molar-refractivity contribution >= 4 is 11.9 Å². The zero-order valence-corrected chi connectivity index (χ0v) is 12.1. The number of carbonyl (C=O) groups excluding carboxylic acids is 2. The second kappa shape index (κ2) is 5.48. The fourth-order valence-electron chi connectivity index (χ4n) is 2.60. The Hall–Kier alpha value is -1.88. The van der Waals surface area contributed by atoms with Gasteiger partial charge in [0.15, 0.2) is 0 Å². The summed E-state index contributed by atoms with van der Waals surface area (Å²) in [5.41, 5.74) is 0.871. The van der Waals surface area contributed by atoms with Crippen LogP contribution >= 0.6 is 0 Å². The Morgan fingerprint density at radius 2 is 2.14 bits per heavy atom. The third-order valence-electron chi connectivity index (χ3n) is 4.29. The zero-order chi connectivity index (χ0) is 14.9. The molecule has 0 amide bonds. The lowest BCUT2D eigenvalue weighted by molar-refractivity contribution is -0.153. The fourth-order valence-corrected chi connectivity index (χ4v) is 2.60. The quantitative estimate of drug-likeness (QED) is 0.667. The van der Waals surface area contributed by atoms with Crippen LogP contribution in [0.3, 0.4) is 0 Å². The highest BCUT2D eigenvalue weighted by Crippen LogP contribution is 2.41. The van der Waals surface area contributed by atoms with Gasteiger partial charge >= 0.3 is 11.9 Å². The Morgan fingerprint density at radius 3 is 2.86 bits per heavy atom. The van der Waals surface area contributed by atoms with E-state index in [-0.39, 0.29) is 0 Å². The van der Waals surface area contributed by atoms with Gasteiger partial charge in [-0.05, 0) is 31.9 Å². The number of hydrogen-bond donors (Lipinski definition) is 1. The third-order valence-corrected chi connectivity index (χ3v) is 4.29. The summed E-state index contributed by atoms with van der Waals surface area (Å²) in [4.78, 5) is 24.1. The smallest absolute Gasteiger partial charge is 0.345 e. The molecule has 0 spiro atoms. The van der Waals surface area contributed by atoms with E-state index in [1.165, 1.54) is 0 Å². The van der Waals surface area contributed by atoms with Crippen molar-refractivity contribution in [1.29, 1.82) is 0 Å². The molecule has 1 heterocycles. The summed E-state index contributed by atoms with van der Waals surface area (Å²) in [6.45, 7) is 3.88. The van der Waals surface area contributed by atoms with Crippen LogP contribution in [0.5, 0.6) is 5.75 Å². The summed E-state index contributed by atoms with van der Waals surface area (Å²) in [5, 5.41) is 3.22. The maximum absolute atomic E-state index is 12.1. The monoisotopic (exact) mass is 289 g/mol. The molecule has 1 aliphatic carbocycles. The van der Waals surface area contributed by atoms with Gasteiger partial charge in [-0.3, -0.25) is 4.79 Å². The van der Waals surface area contributed by atoms with E-state index < -0.39 is 17.4 Å². The van der Waals surface area contributed by atoms with E-state index in [1.54, 1.807) is 12.1 Å². The van der Waals surface area contributed by atoms with Gasteiger partial charge in [-0.15, -0.1) is 0 Å². The molecule has 1 aliphatic heterocycles. The molecule has 112 valence electrons. The van der Waals surface area contributed by atoms with Crippen LogP contribution in [-0.4, -0.2) is 25.1 Å². The van der Waals surface area contributed by atoms with Gasteiger partial charge in [0.1, 0.15) is 12.4 Å². The number of rotatable bonds is 2. The van der Waals surface area contributed by atoms with Crippen molar-refractivity contribution < 1.29 is 19.1 Å². The standard InChI is InChI=1S/C16H19NO4/c1-16(5-2-6-16)15(19)21-14(18)11-3-4-12-10-17-7-8-20-13(12)9-11/h3-4,9,17H,2,5-8,10H2,1H3. The largest absolute Gasteiger partial charge is 0.492 e. The molecule has 0 atom stereocenters.